The molecule has 0 fully saturated rings. The molecule has 84 valence electrons. The molecule has 0 aliphatic carbocycles. The summed E-state index contributed by atoms with van der Waals surface area (Å²) < 4.78 is 1.07. The molecule has 4 N–H and O–H groups in total. The molecule has 3 heteroatoms. The Kier molecular flexibility index (Phi) is 4.32. The van der Waals surface area contributed by atoms with Gasteiger partial charge in [0.2, 0.25) is 0 Å². The van der Waals surface area contributed by atoms with Crippen LogP contribution in [0.15, 0.2) is 28.7 Å². The first-order chi connectivity index (χ1) is 6.97. The minimum Gasteiger partial charge on any atom is -0.330 e. The van der Waals surface area contributed by atoms with Crippen molar-refractivity contribution in [3.63, 3.8) is 0 Å². The first kappa shape index (κ1) is 12.7. The molecule has 1 unspecified atom stereocenters. The zero-order valence-electron chi connectivity index (χ0n) is 9.33. The summed E-state index contributed by atoms with van der Waals surface area (Å²) in [5.41, 5.74) is 13.0. The fourth-order valence-corrected chi connectivity index (χ4v) is 2.10. The summed E-state index contributed by atoms with van der Waals surface area (Å²) in [5, 5.41) is 0. The van der Waals surface area contributed by atoms with Gasteiger partial charge in [-0.3, -0.25) is 0 Å². The van der Waals surface area contributed by atoms with Crippen molar-refractivity contribution in [3.05, 3.63) is 34.3 Å². The minimum atomic E-state index is 0.0264. The van der Waals surface area contributed by atoms with Crippen molar-refractivity contribution in [1.82, 2.24) is 0 Å². The SMILES string of the molecule is CC(C)(CCN)C(N)c1cccc(Br)c1. The summed E-state index contributed by atoms with van der Waals surface area (Å²) in [6.07, 6.45) is 0.931. The Morgan fingerprint density at radius 3 is 2.60 bits per heavy atom. The van der Waals surface area contributed by atoms with Gasteiger partial charge in [-0.05, 0) is 36.1 Å². The van der Waals surface area contributed by atoms with Crippen LogP contribution in [0.5, 0.6) is 0 Å². The van der Waals surface area contributed by atoms with Gasteiger partial charge in [0.1, 0.15) is 0 Å². The van der Waals surface area contributed by atoms with E-state index in [1.165, 1.54) is 0 Å². The van der Waals surface area contributed by atoms with E-state index in [0.717, 1.165) is 16.5 Å². The molecule has 1 rings (SSSR count). The normalized spacial score (nSPS) is 13.9. The molecular weight excluding hydrogens is 252 g/mol. The molecule has 0 aliphatic heterocycles. The number of hydrogen-bond donors (Lipinski definition) is 2. The zero-order chi connectivity index (χ0) is 11.5. The number of nitrogens with two attached hydrogens (primary N) is 2. The Morgan fingerprint density at radius 1 is 1.40 bits per heavy atom. The predicted octanol–water partition coefficient (Wildman–Crippen LogP) is 2.82. The van der Waals surface area contributed by atoms with Crippen molar-refractivity contribution in [2.75, 3.05) is 6.54 Å². The van der Waals surface area contributed by atoms with Gasteiger partial charge in [-0.25, -0.2) is 0 Å². The molecule has 0 amide bonds. The maximum Gasteiger partial charge on any atom is 0.0347 e. The van der Waals surface area contributed by atoms with Gasteiger partial charge in [-0.2, -0.15) is 0 Å². The van der Waals surface area contributed by atoms with Crippen LogP contribution in [0.25, 0.3) is 0 Å². The molecule has 15 heavy (non-hydrogen) atoms. The van der Waals surface area contributed by atoms with E-state index in [-0.39, 0.29) is 11.5 Å². The predicted molar refractivity (Wildman–Crippen MR) is 68.5 cm³/mol. The summed E-state index contributed by atoms with van der Waals surface area (Å²) >= 11 is 3.46. The highest BCUT2D eigenvalue weighted by Gasteiger charge is 2.26. The van der Waals surface area contributed by atoms with Crippen molar-refractivity contribution >= 4 is 15.9 Å². The summed E-state index contributed by atoms with van der Waals surface area (Å²) in [7, 11) is 0. The van der Waals surface area contributed by atoms with Gasteiger partial charge >= 0.3 is 0 Å². The molecule has 0 saturated heterocycles. The van der Waals surface area contributed by atoms with Crippen LogP contribution in [0, 0.1) is 5.41 Å². The second-order valence-electron chi connectivity index (χ2n) is 4.56. The van der Waals surface area contributed by atoms with E-state index in [0.29, 0.717) is 6.54 Å². The zero-order valence-corrected chi connectivity index (χ0v) is 10.9. The van der Waals surface area contributed by atoms with Gasteiger partial charge in [0.25, 0.3) is 0 Å². The van der Waals surface area contributed by atoms with E-state index in [2.05, 4.69) is 41.9 Å². The average Bonchev–Trinajstić information content (AvgIpc) is 2.16. The van der Waals surface area contributed by atoms with Crippen LogP contribution in [0.4, 0.5) is 0 Å². The minimum absolute atomic E-state index is 0.0264. The van der Waals surface area contributed by atoms with Gasteiger partial charge in [-0.1, -0.05) is 41.9 Å². The molecular formula is C12H19BrN2. The number of rotatable bonds is 4. The van der Waals surface area contributed by atoms with Crippen LogP contribution < -0.4 is 11.5 Å². The molecule has 0 spiro atoms. The van der Waals surface area contributed by atoms with Crippen molar-refractivity contribution in [3.8, 4) is 0 Å². The first-order valence-electron chi connectivity index (χ1n) is 5.18. The monoisotopic (exact) mass is 270 g/mol. The van der Waals surface area contributed by atoms with Crippen LogP contribution in [0.2, 0.25) is 0 Å². The van der Waals surface area contributed by atoms with E-state index in [4.69, 9.17) is 11.5 Å². The standard InChI is InChI=1S/C12H19BrN2/c1-12(2,6-7-14)11(15)9-4-3-5-10(13)8-9/h3-5,8,11H,6-7,14-15H2,1-2H3. The van der Waals surface area contributed by atoms with E-state index in [1.54, 1.807) is 0 Å². The molecule has 0 aliphatic rings. The first-order valence-corrected chi connectivity index (χ1v) is 5.98. The maximum absolute atomic E-state index is 6.25. The van der Waals surface area contributed by atoms with Crippen molar-refractivity contribution in [2.45, 2.75) is 26.3 Å². The highest BCUT2D eigenvalue weighted by Crippen LogP contribution is 2.34. The fraction of sp³-hybridized carbons (Fsp3) is 0.500. The lowest BCUT2D eigenvalue weighted by Gasteiger charge is -2.31. The highest BCUT2D eigenvalue weighted by molar-refractivity contribution is 9.10. The van der Waals surface area contributed by atoms with Crippen molar-refractivity contribution in [1.29, 1.82) is 0 Å². The smallest absolute Gasteiger partial charge is 0.0347 e. The maximum atomic E-state index is 6.25. The lowest BCUT2D eigenvalue weighted by Crippen LogP contribution is -2.31. The van der Waals surface area contributed by atoms with E-state index in [9.17, 15) is 0 Å². The molecule has 0 heterocycles. The molecule has 0 radical (unpaired) electrons. The molecule has 1 aromatic rings. The van der Waals surface area contributed by atoms with Crippen LogP contribution in [-0.2, 0) is 0 Å². The molecule has 0 bridgehead atoms. The second-order valence-corrected chi connectivity index (χ2v) is 5.48. The fourth-order valence-electron chi connectivity index (χ4n) is 1.68. The van der Waals surface area contributed by atoms with E-state index in [1.807, 2.05) is 12.1 Å². The number of halogens is 1. The van der Waals surface area contributed by atoms with Crippen molar-refractivity contribution < 1.29 is 0 Å². The molecule has 1 atom stereocenters. The number of hydrogen-bond acceptors (Lipinski definition) is 2. The Morgan fingerprint density at radius 2 is 2.07 bits per heavy atom. The largest absolute Gasteiger partial charge is 0.330 e. The molecule has 0 saturated carbocycles. The van der Waals surface area contributed by atoms with E-state index < -0.39 is 0 Å². The second kappa shape index (κ2) is 5.10. The molecule has 2 nitrogen and oxygen atoms in total. The van der Waals surface area contributed by atoms with Crippen molar-refractivity contribution in [2.24, 2.45) is 16.9 Å². The summed E-state index contributed by atoms with van der Waals surface area (Å²) in [6.45, 7) is 4.99. The third-order valence-electron chi connectivity index (χ3n) is 2.84. The Labute approximate surface area is 100 Å². The Hall–Kier alpha value is -0.380. The van der Waals surface area contributed by atoms with Crippen LogP contribution >= 0.6 is 15.9 Å². The Bertz CT molecular complexity index is 323. The molecule has 0 aromatic heterocycles. The van der Waals surface area contributed by atoms with Gasteiger partial charge in [0.05, 0.1) is 0 Å². The molecule has 1 aromatic carbocycles. The lowest BCUT2D eigenvalue weighted by molar-refractivity contribution is 0.271. The van der Waals surface area contributed by atoms with Gasteiger partial charge < -0.3 is 11.5 Å². The van der Waals surface area contributed by atoms with E-state index >= 15 is 0 Å². The quantitative estimate of drug-likeness (QED) is 0.884. The van der Waals surface area contributed by atoms with Crippen LogP contribution in [-0.4, -0.2) is 6.54 Å². The van der Waals surface area contributed by atoms with Gasteiger partial charge in [0, 0.05) is 10.5 Å². The van der Waals surface area contributed by atoms with Crippen LogP contribution in [0.3, 0.4) is 0 Å². The summed E-state index contributed by atoms with van der Waals surface area (Å²) in [5.74, 6) is 0. The van der Waals surface area contributed by atoms with Gasteiger partial charge in [-0.15, -0.1) is 0 Å². The third-order valence-corrected chi connectivity index (χ3v) is 3.33. The summed E-state index contributed by atoms with van der Waals surface area (Å²) in [4.78, 5) is 0. The summed E-state index contributed by atoms with van der Waals surface area (Å²) in [6, 6.07) is 8.18. The number of benzene rings is 1. The third kappa shape index (κ3) is 3.30. The van der Waals surface area contributed by atoms with Crippen LogP contribution in [0.1, 0.15) is 31.9 Å². The topological polar surface area (TPSA) is 52.0 Å². The van der Waals surface area contributed by atoms with Gasteiger partial charge in [0.15, 0.2) is 0 Å². The lowest BCUT2D eigenvalue weighted by atomic mass is 9.78. The highest BCUT2D eigenvalue weighted by atomic mass is 79.9. The average molecular weight is 271 g/mol. The Balaban J connectivity index is 2.88.